The van der Waals surface area contributed by atoms with Crippen LogP contribution < -0.4 is 5.32 Å². The van der Waals surface area contributed by atoms with Gasteiger partial charge in [-0.1, -0.05) is 13.3 Å². The quantitative estimate of drug-likeness (QED) is 0.570. The van der Waals surface area contributed by atoms with Gasteiger partial charge in [-0.25, -0.2) is 0 Å². The van der Waals surface area contributed by atoms with Gasteiger partial charge in [0, 0.05) is 6.04 Å². The molecule has 0 aliphatic heterocycles. The molecule has 0 radical (unpaired) electrons. The Kier molecular flexibility index (Phi) is 1.90. The molecule has 1 heteroatoms. The van der Waals surface area contributed by atoms with Gasteiger partial charge in [-0.3, -0.25) is 0 Å². The van der Waals surface area contributed by atoms with E-state index in [4.69, 9.17) is 0 Å². The predicted molar refractivity (Wildman–Crippen MR) is 35.9 cm³/mol. The molecular weight excluding hydrogens is 98.1 g/mol. The summed E-state index contributed by atoms with van der Waals surface area (Å²) < 4.78 is 0. The molecule has 0 amide bonds. The molecule has 0 atom stereocenters. The van der Waals surface area contributed by atoms with E-state index in [1.54, 1.807) is 0 Å². The van der Waals surface area contributed by atoms with Crippen LogP contribution in [-0.2, 0) is 0 Å². The molecular formula is C7H15N. The van der Waals surface area contributed by atoms with Crippen molar-refractivity contribution in [1.29, 1.82) is 0 Å². The van der Waals surface area contributed by atoms with Crippen molar-refractivity contribution >= 4 is 0 Å². The van der Waals surface area contributed by atoms with Crippen LogP contribution in [0.4, 0.5) is 0 Å². The van der Waals surface area contributed by atoms with Crippen LogP contribution in [-0.4, -0.2) is 13.1 Å². The van der Waals surface area contributed by atoms with Gasteiger partial charge in [-0.05, 0) is 25.8 Å². The SMILES string of the molecule is CCC1CC(NC)C1. The summed E-state index contributed by atoms with van der Waals surface area (Å²) in [6.07, 6.45) is 4.19. The van der Waals surface area contributed by atoms with Crippen LogP contribution in [0.5, 0.6) is 0 Å². The molecule has 0 unspecified atom stereocenters. The first-order chi connectivity index (χ1) is 3.86. The molecule has 0 spiro atoms. The van der Waals surface area contributed by atoms with Crippen LogP contribution in [0.3, 0.4) is 0 Å². The number of hydrogen-bond donors (Lipinski definition) is 1. The fourth-order valence-electron chi connectivity index (χ4n) is 1.30. The molecule has 0 saturated heterocycles. The van der Waals surface area contributed by atoms with E-state index in [0.29, 0.717) is 0 Å². The van der Waals surface area contributed by atoms with Crippen LogP contribution in [0.1, 0.15) is 26.2 Å². The lowest BCUT2D eigenvalue weighted by atomic mass is 9.79. The Hall–Kier alpha value is -0.0400. The van der Waals surface area contributed by atoms with Crippen LogP contribution in [0, 0.1) is 5.92 Å². The molecule has 0 aromatic carbocycles. The Balaban J connectivity index is 2.03. The summed E-state index contributed by atoms with van der Waals surface area (Å²) >= 11 is 0. The Morgan fingerprint density at radius 2 is 2.12 bits per heavy atom. The van der Waals surface area contributed by atoms with Gasteiger partial charge in [0.25, 0.3) is 0 Å². The van der Waals surface area contributed by atoms with Crippen molar-refractivity contribution in [3.63, 3.8) is 0 Å². The summed E-state index contributed by atoms with van der Waals surface area (Å²) in [6.45, 7) is 2.27. The average molecular weight is 113 g/mol. The minimum absolute atomic E-state index is 0.847. The lowest BCUT2D eigenvalue weighted by Gasteiger charge is -2.34. The molecule has 1 N–H and O–H groups in total. The molecule has 1 aliphatic rings. The van der Waals surface area contributed by atoms with Gasteiger partial charge in [0.2, 0.25) is 0 Å². The van der Waals surface area contributed by atoms with Crippen molar-refractivity contribution in [2.75, 3.05) is 7.05 Å². The normalized spacial score (nSPS) is 36.8. The zero-order valence-corrected chi connectivity index (χ0v) is 5.78. The topological polar surface area (TPSA) is 12.0 Å². The van der Waals surface area contributed by atoms with Gasteiger partial charge in [0.05, 0.1) is 0 Å². The highest BCUT2D eigenvalue weighted by molar-refractivity contribution is 4.82. The van der Waals surface area contributed by atoms with E-state index in [9.17, 15) is 0 Å². The van der Waals surface area contributed by atoms with Crippen molar-refractivity contribution in [3.05, 3.63) is 0 Å². The van der Waals surface area contributed by atoms with E-state index >= 15 is 0 Å². The van der Waals surface area contributed by atoms with Crippen molar-refractivity contribution in [1.82, 2.24) is 5.32 Å². The standard InChI is InChI=1S/C7H15N/c1-3-6-4-7(5-6)8-2/h6-8H,3-5H2,1-2H3. The number of nitrogens with one attached hydrogen (secondary N) is 1. The van der Waals surface area contributed by atoms with E-state index in [1.807, 2.05) is 0 Å². The minimum atomic E-state index is 0.847. The Morgan fingerprint density at radius 3 is 2.50 bits per heavy atom. The van der Waals surface area contributed by atoms with Crippen LogP contribution >= 0.6 is 0 Å². The van der Waals surface area contributed by atoms with Gasteiger partial charge < -0.3 is 5.32 Å². The minimum Gasteiger partial charge on any atom is -0.317 e. The maximum atomic E-state index is 3.27. The Bertz CT molecular complexity index is 56.8. The monoisotopic (exact) mass is 113 g/mol. The first-order valence-electron chi connectivity index (χ1n) is 3.54. The lowest BCUT2D eigenvalue weighted by molar-refractivity contribution is 0.227. The van der Waals surface area contributed by atoms with Gasteiger partial charge in [0.15, 0.2) is 0 Å². The molecule has 0 bridgehead atoms. The van der Waals surface area contributed by atoms with Gasteiger partial charge in [0.1, 0.15) is 0 Å². The van der Waals surface area contributed by atoms with Gasteiger partial charge in [-0.15, -0.1) is 0 Å². The first-order valence-corrected chi connectivity index (χ1v) is 3.54. The number of rotatable bonds is 2. The van der Waals surface area contributed by atoms with Crippen molar-refractivity contribution in [2.45, 2.75) is 32.2 Å². The second-order valence-electron chi connectivity index (χ2n) is 2.73. The molecule has 0 aromatic rings. The summed E-state index contributed by atoms with van der Waals surface area (Å²) in [5.41, 5.74) is 0. The summed E-state index contributed by atoms with van der Waals surface area (Å²) in [5, 5.41) is 3.27. The highest BCUT2D eigenvalue weighted by Gasteiger charge is 2.25. The Morgan fingerprint density at radius 1 is 1.50 bits per heavy atom. The van der Waals surface area contributed by atoms with E-state index in [0.717, 1.165) is 12.0 Å². The third kappa shape index (κ3) is 1.03. The molecule has 8 heavy (non-hydrogen) atoms. The molecule has 1 saturated carbocycles. The zero-order valence-electron chi connectivity index (χ0n) is 5.78. The van der Waals surface area contributed by atoms with Crippen molar-refractivity contribution in [3.8, 4) is 0 Å². The van der Waals surface area contributed by atoms with Crippen molar-refractivity contribution in [2.24, 2.45) is 5.92 Å². The van der Waals surface area contributed by atoms with E-state index < -0.39 is 0 Å². The molecule has 1 fully saturated rings. The fourth-order valence-corrected chi connectivity index (χ4v) is 1.30. The second-order valence-corrected chi connectivity index (χ2v) is 2.73. The summed E-state index contributed by atoms with van der Waals surface area (Å²) in [5.74, 6) is 1.03. The molecule has 1 nitrogen and oxygen atoms in total. The maximum absolute atomic E-state index is 3.27. The van der Waals surface area contributed by atoms with Crippen LogP contribution in [0.15, 0.2) is 0 Å². The molecule has 1 rings (SSSR count). The second kappa shape index (κ2) is 2.49. The third-order valence-corrected chi connectivity index (χ3v) is 2.22. The zero-order chi connectivity index (χ0) is 5.98. The molecule has 0 heterocycles. The van der Waals surface area contributed by atoms with Crippen molar-refractivity contribution < 1.29 is 0 Å². The maximum Gasteiger partial charge on any atom is 0.00693 e. The Labute approximate surface area is 51.5 Å². The summed E-state index contributed by atoms with van der Waals surface area (Å²) in [4.78, 5) is 0. The lowest BCUT2D eigenvalue weighted by Crippen LogP contribution is -2.38. The number of hydrogen-bond acceptors (Lipinski definition) is 1. The molecule has 0 aromatic heterocycles. The van der Waals surface area contributed by atoms with E-state index in [-0.39, 0.29) is 0 Å². The van der Waals surface area contributed by atoms with E-state index in [2.05, 4.69) is 19.3 Å². The van der Waals surface area contributed by atoms with Crippen LogP contribution in [0.2, 0.25) is 0 Å². The van der Waals surface area contributed by atoms with Gasteiger partial charge in [-0.2, -0.15) is 0 Å². The third-order valence-electron chi connectivity index (χ3n) is 2.22. The van der Waals surface area contributed by atoms with Crippen LogP contribution in [0.25, 0.3) is 0 Å². The highest BCUT2D eigenvalue weighted by Crippen LogP contribution is 2.29. The van der Waals surface area contributed by atoms with Gasteiger partial charge >= 0.3 is 0 Å². The first kappa shape index (κ1) is 6.09. The van der Waals surface area contributed by atoms with E-state index in [1.165, 1.54) is 19.3 Å². The smallest absolute Gasteiger partial charge is 0.00693 e. The summed E-state index contributed by atoms with van der Waals surface area (Å²) in [7, 11) is 2.05. The molecule has 48 valence electrons. The highest BCUT2D eigenvalue weighted by atomic mass is 14.9. The largest absolute Gasteiger partial charge is 0.317 e. The summed E-state index contributed by atoms with van der Waals surface area (Å²) in [6, 6.07) is 0.847. The molecule has 1 aliphatic carbocycles. The average Bonchev–Trinajstić information content (AvgIpc) is 1.65. The predicted octanol–water partition coefficient (Wildman–Crippen LogP) is 1.39. The fraction of sp³-hybridized carbons (Fsp3) is 1.00.